The molecule has 0 atom stereocenters. The second-order valence-electron chi connectivity index (χ2n) is 5.23. The van der Waals surface area contributed by atoms with Gasteiger partial charge in [0.15, 0.2) is 0 Å². The number of hydrogen-bond acceptors (Lipinski definition) is 2. The van der Waals surface area contributed by atoms with E-state index in [0.717, 1.165) is 0 Å². The second kappa shape index (κ2) is 5.80. The number of aryl methyl sites for hydroxylation is 1. The summed E-state index contributed by atoms with van der Waals surface area (Å²) in [5.74, 6) is -0.482. The zero-order valence-corrected chi connectivity index (χ0v) is 12.6. The van der Waals surface area contributed by atoms with E-state index in [-0.39, 0.29) is 23.8 Å². The third kappa shape index (κ3) is 4.74. The average Bonchev–Trinajstić information content (AvgIpc) is 2.22. The van der Waals surface area contributed by atoms with Crippen molar-refractivity contribution in [2.75, 3.05) is 11.9 Å². The molecule has 0 radical (unpaired) electrons. The zero-order valence-electron chi connectivity index (χ0n) is 11.0. The molecule has 0 spiro atoms. The first kappa shape index (κ1) is 15.1. The van der Waals surface area contributed by atoms with Crippen LogP contribution in [-0.2, 0) is 4.79 Å². The van der Waals surface area contributed by atoms with Crippen LogP contribution >= 0.6 is 15.9 Å². The molecule has 0 aliphatic carbocycles. The predicted molar refractivity (Wildman–Crippen MR) is 75.2 cm³/mol. The smallest absolute Gasteiger partial charge is 0.238 e. The molecule has 1 aromatic carbocycles. The van der Waals surface area contributed by atoms with Crippen LogP contribution in [0, 0.1) is 12.7 Å². The fourth-order valence-electron chi connectivity index (χ4n) is 1.32. The largest absolute Gasteiger partial charge is 0.325 e. The SMILES string of the molecule is Cc1cc(F)c(Br)cc1NC(=O)CNC(C)(C)C. The van der Waals surface area contributed by atoms with Crippen LogP contribution in [0.3, 0.4) is 0 Å². The van der Waals surface area contributed by atoms with Crippen LogP contribution in [0.5, 0.6) is 0 Å². The van der Waals surface area contributed by atoms with Crippen molar-refractivity contribution in [1.29, 1.82) is 0 Å². The lowest BCUT2D eigenvalue weighted by atomic mass is 10.1. The molecule has 0 aromatic heterocycles. The fourth-order valence-corrected chi connectivity index (χ4v) is 1.66. The molecular weight excluding hydrogens is 299 g/mol. The maximum atomic E-state index is 13.2. The summed E-state index contributed by atoms with van der Waals surface area (Å²) in [6.45, 7) is 7.93. The van der Waals surface area contributed by atoms with Gasteiger partial charge in [-0.15, -0.1) is 0 Å². The molecule has 0 aliphatic heterocycles. The quantitative estimate of drug-likeness (QED) is 0.899. The molecule has 0 saturated carbocycles. The predicted octanol–water partition coefficient (Wildman–Crippen LogP) is 3.22. The number of halogens is 2. The van der Waals surface area contributed by atoms with E-state index in [4.69, 9.17) is 0 Å². The maximum absolute atomic E-state index is 13.2. The summed E-state index contributed by atoms with van der Waals surface area (Å²) < 4.78 is 13.6. The lowest BCUT2D eigenvalue weighted by Gasteiger charge is -2.20. The van der Waals surface area contributed by atoms with Crippen LogP contribution in [0.1, 0.15) is 26.3 Å². The molecule has 0 saturated heterocycles. The number of benzene rings is 1. The Labute approximate surface area is 115 Å². The van der Waals surface area contributed by atoms with Gasteiger partial charge in [-0.3, -0.25) is 4.79 Å². The van der Waals surface area contributed by atoms with Gasteiger partial charge >= 0.3 is 0 Å². The third-order valence-electron chi connectivity index (χ3n) is 2.32. The molecule has 1 aromatic rings. The summed E-state index contributed by atoms with van der Waals surface area (Å²) in [5, 5.41) is 5.84. The molecule has 3 nitrogen and oxygen atoms in total. The van der Waals surface area contributed by atoms with E-state index in [9.17, 15) is 9.18 Å². The molecule has 5 heteroatoms. The van der Waals surface area contributed by atoms with Gasteiger partial charge in [-0.1, -0.05) is 0 Å². The summed E-state index contributed by atoms with van der Waals surface area (Å²) in [6.07, 6.45) is 0. The highest BCUT2D eigenvalue weighted by Crippen LogP contribution is 2.24. The number of carbonyl (C=O) groups excluding carboxylic acids is 1. The van der Waals surface area contributed by atoms with Crippen LogP contribution in [0.4, 0.5) is 10.1 Å². The summed E-state index contributed by atoms with van der Waals surface area (Å²) in [4.78, 5) is 11.7. The van der Waals surface area contributed by atoms with E-state index >= 15 is 0 Å². The second-order valence-corrected chi connectivity index (χ2v) is 6.09. The van der Waals surface area contributed by atoms with Crippen LogP contribution in [0.2, 0.25) is 0 Å². The molecule has 2 N–H and O–H groups in total. The van der Waals surface area contributed by atoms with Gasteiger partial charge in [-0.2, -0.15) is 0 Å². The van der Waals surface area contributed by atoms with Gasteiger partial charge in [0, 0.05) is 11.2 Å². The molecule has 0 bridgehead atoms. The molecule has 0 heterocycles. The van der Waals surface area contributed by atoms with E-state index < -0.39 is 0 Å². The fraction of sp³-hybridized carbons (Fsp3) is 0.462. The Hall–Kier alpha value is -0.940. The summed E-state index contributed by atoms with van der Waals surface area (Å²) >= 11 is 3.10. The van der Waals surface area contributed by atoms with Crippen LogP contribution in [-0.4, -0.2) is 18.0 Å². The topological polar surface area (TPSA) is 41.1 Å². The molecule has 100 valence electrons. The monoisotopic (exact) mass is 316 g/mol. The molecule has 18 heavy (non-hydrogen) atoms. The van der Waals surface area contributed by atoms with E-state index in [2.05, 4.69) is 26.6 Å². The Bertz CT molecular complexity index is 455. The summed E-state index contributed by atoms with van der Waals surface area (Å²) in [7, 11) is 0. The summed E-state index contributed by atoms with van der Waals surface area (Å²) in [5.41, 5.74) is 1.19. The Morgan fingerprint density at radius 3 is 2.56 bits per heavy atom. The van der Waals surface area contributed by atoms with Crippen molar-refractivity contribution in [3.63, 3.8) is 0 Å². The average molecular weight is 317 g/mol. The highest BCUT2D eigenvalue weighted by atomic mass is 79.9. The minimum Gasteiger partial charge on any atom is -0.325 e. The van der Waals surface area contributed by atoms with Crippen molar-refractivity contribution >= 4 is 27.5 Å². The first-order valence-electron chi connectivity index (χ1n) is 5.69. The Balaban J connectivity index is 2.68. The van der Waals surface area contributed by atoms with Crippen molar-refractivity contribution in [2.45, 2.75) is 33.2 Å². The van der Waals surface area contributed by atoms with Crippen molar-refractivity contribution in [2.24, 2.45) is 0 Å². The third-order valence-corrected chi connectivity index (χ3v) is 2.93. The van der Waals surface area contributed by atoms with Gasteiger partial charge in [-0.25, -0.2) is 4.39 Å². The first-order chi connectivity index (χ1) is 8.19. The molecule has 1 rings (SSSR count). The highest BCUT2D eigenvalue weighted by Gasteiger charge is 2.12. The Morgan fingerprint density at radius 2 is 2.00 bits per heavy atom. The van der Waals surface area contributed by atoms with Crippen molar-refractivity contribution in [3.05, 3.63) is 28.0 Å². The number of anilines is 1. The lowest BCUT2D eigenvalue weighted by molar-refractivity contribution is -0.115. The van der Waals surface area contributed by atoms with E-state index in [1.165, 1.54) is 6.07 Å². The van der Waals surface area contributed by atoms with Gasteiger partial charge in [0.25, 0.3) is 0 Å². The lowest BCUT2D eigenvalue weighted by Crippen LogP contribution is -2.41. The minimum atomic E-state index is -0.335. The number of nitrogens with one attached hydrogen (secondary N) is 2. The summed E-state index contributed by atoms with van der Waals surface area (Å²) in [6, 6.07) is 2.95. The van der Waals surface area contributed by atoms with E-state index in [1.54, 1.807) is 13.0 Å². The number of hydrogen-bond donors (Lipinski definition) is 2. The Kier molecular flexibility index (Phi) is 4.87. The standard InChI is InChI=1S/C13H18BrFN2O/c1-8-5-10(15)9(14)6-11(8)17-12(18)7-16-13(2,3)4/h5-6,16H,7H2,1-4H3,(H,17,18). The van der Waals surface area contributed by atoms with Gasteiger partial charge in [-0.05, 0) is 61.3 Å². The Morgan fingerprint density at radius 1 is 1.39 bits per heavy atom. The van der Waals surface area contributed by atoms with Crippen LogP contribution < -0.4 is 10.6 Å². The first-order valence-corrected chi connectivity index (χ1v) is 6.49. The maximum Gasteiger partial charge on any atom is 0.238 e. The number of rotatable bonds is 3. The zero-order chi connectivity index (χ0) is 13.9. The van der Waals surface area contributed by atoms with Crippen molar-refractivity contribution < 1.29 is 9.18 Å². The number of amides is 1. The highest BCUT2D eigenvalue weighted by molar-refractivity contribution is 9.10. The van der Waals surface area contributed by atoms with Gasteiger partial charge in [0.05, 0.1) is 11.0 Å². The molecular formula is C13H18BrFN2O. The number of carbonyl (C=O) groups is 1. The van der Waals surface area contributed by atoms with Crippen LogP contribution in [0.25, 0.3) is 0 Å². The molecule has 0 unspecified atom stereocenters. The van der Waals surface area contributed by atoms with E-state index in [1.807, 2.05) is 20.8 Å². The van der Waals surface area contributed by atoms with Crippen LogP contribution in [0.15, 0.2) is 16.6 Å². The minimum absolute atomic E-state index is 0.115. The molecule has 0 aliphatic rings. The van der Waals surface area contributed by atoms with Gasteiger partial charge in [0.1, 0.15) is 5.82 Å². The molecule has 0 fully saturated rings. The van der Waals surface area contributed by atoms with Gasteiger partial charge < -0.3 is 10.6 Å². The normalized spacial score (nSPS) is 11.4. The van der Waals surface area contributed by atoms with Gasteiger partial charge in [0.2, 0.25) is 5.91 Å². The van der Waals surface area contributed by atoms with Crippen molar-refractivity contribution in [1.82, 2.24) is 5.32 Å². The molecule has 1 amide bonds. The van der Waals surface area contributed by atoms with Crippen molar-refractivity contribution in [3.8, 4) is 0 Å². The van der Waals surface area contributed by atoms with E-state index in [0.29, 0.717) is 15.7 Å².